The summed E-state index contributed by atoms with van der Waals surface area (Å²) in [7, 11) is 0. The Morgan fingerprint density at radius 1 is 0.867 bits per heavy atom. The quantitative estimate of drug-likeness (QED) is 0.482. The summed E-state index contributed by atoms with van der Waals surface area (Å²) in [4.78, 5) is 48.9. The molecule has 8 nitrogen and oxygen atoms in total. The number of hydrogen-bond donors (Lipinski definition) is 4. The van der Waals surface area contributed by atoms with Gasteiger partial charge in [0, 0.05) is 12.8 Å². The van der Waals surface area contributed by atoms with Gasteiger partial charge in [-0.2, -0.15) is 0 Å². The number of nitrogens with one attached hydrogen (secondary N) is 3. The van der Waals surface area contributed by atoms with Gasteiger partial charge in [-0.3, -0.25) is 19.2 Å². The highest BCUT2D eigenvalue weighted by molar-refractivity contribution is 5.99. The van der Waals surface area contributed by atoms with E-state index in [9.17, 15) is 19.2 Å². The van der Waals surface area contributed by atoms with Crippen LogP contribution in [0.4, 0.5) is 0 Å². The van der Waals surface area contributed by atoms with E-state index in [4.69, 9.17) is 5.73 Å². The third-order valence-corrected chi connectivity index (χ3v) is 4.90. The van der Waals surface area contributed by atoms with Crippen LogP contribution in [-0.4, -0.2) is 41.8 Å². The van der Waals surface area contributed by atoms with E-state index in [2.05, 4.69) is 16.0 Å². The minimum absolute atomic E-state index is 0.240. The molecule has 3 rings (SSSR count). The van der Waals surface area contributed by atoms with E-state index in [1.165, 1.54) is 0 Å². The molecular weight excluding hydrogens is 384 g/mol. The van der Waals surface area contributed by atoms with Gasteiger partial charge < -0.3 is 21.7 Å². The van der Waals surface area contributed by atoms with E-state index in [1.54, 1.807) is 0 Å². The zero-order valence-corrected chi connectivity index (χ0v) is 16.3. The average Bonchev–Trinajstić information content (AvgIpc) is 2.72. The van der Waals surface area contributed by atoms with Gasteiger partial charge in [0.25, 0.3) is 0 Å². The largest absolute Gasteiger partial charge is 0.368 e. The fraction of sp³-hybridized carbons (Fsp3) is 0.273. The van der Waals surface area contributed by atoms with Crippen LogP contribution in [0, 0.1) is 0 Å². The molecule has 1 aliphatic rings. The van der Waals surface area contributed by atoms with Crippen LogP contribution in [0.25, 0.3) is 0 Å². The topological polar surface area (TPSA) is 130 Å². The predicted octanol–water partition coefficient (Wildman–Crippen LogP) is -0.185. The molecule has 1 aliphatic heterocycles. The van der Waals surface area contributed by atoms with Crippen LogP contribution >= 0.6 is 0 Å². The van der Waals surface area contributed by atoms with Crippen molar-refractivity contribution in [1.82, 2.24) is 16.0 Å². The standard InChI is InChI=1S/C22H24N4O4/c23-20(28)16(11-14-7-3-1-4-8-14)24-19(27)13-18-22(30)25-17(21(29)26-18)12-15-9-5-2-6-10-15/h1-10,16-18H,11-13H2,(H2,23,28)(H,24,27)(H,25,30)(H,26,29)/t16-,17+,18+/m1/s1. The fourth-order valence-electron chi connectivity index (χ4n) is 3.32. The van der Waals surface area contributed by atoms with Crippen molar-refractivity contribution in [2.45, 2.75) is 37.4 Å². The molecule has 1 heterocycles. The number of piperazine rings is 1. The second-order valence-corrected chi connectivity index (χ2v) is 7.23. The lowest BCUT2D eigenvalue weighted by Gasteiger charge is -2.29. The lowest BCUT2D eigenvalue weighted by molar-refractivity contribution is -0.138. The number of carbonyl (C=O) groups excluding carboxylic acids is 4. The number of benzene rings is 2. The first-order chi connectivity index (χ1) is 14.4. The molecule has 30 heavy (non-hydrogen) atoms. The molecule has 2 aromatic rings. The van der Waals surface area contributed by atoms with Crippen LogP contribution < -0.4 is 21.7 Å². The molecule has 0 unspecified atom stereocenters. The Morgan fingerprint density at radius 3 is 2.00 bits per heavy atom. The molecule has 0 bridgehead atoms. The molecule has 0 saturated carbocycles. The van der Waals surface area contributed by atoms with Gasteiger partial charge in [0.1, 0.15) is 18.1 Å². The second kappa shape index (κ2) is 9.69. The fourth-order valence-corrected chi connectivity index (χ4v) is 3.32. The number of hydrogen-bond acceptors (Lipinski definition) is 4. The van der Waals surface area contributed by atoms with Crippen molar-refractivity contribution < 1.29 is 19.2 Å². The van der Waals surface area contributed by atoms with E-state index < -0.39 is 35.8 Å². The van der Waals surface area contributed by atoms with E-state index in [-0.39, 0.29) is 18.7 Å². The first-order valence-electron chi connectivity index (χ1n) is 9.69. The van der Waals surface area contributed by atoms with Crippen LogP contribution in [0.1, 0.15) is 17.5 Å². The molecular formula is C22H24N4O4. The second-order valence-electron chi connectivity index (χ2n) is 7.23. The zero-order valence-electron chi connectivity index (χ0n) is 16.3. The van der Waals surface area contributed by atoms with E-state index in [0.29, 0.717) is 6.42 Å². The molecule has 0 radical (unpaired) electrons. The van der Waals surface area contributed by atoms with Crippen molar-refractivity contribution in [3.8, 4) is 0 Å². The van der Waals surface area contributed by atoms with Crippen molar-refractivity contribution in [3.63, 3.8) is 0 Å². The predicted molar refractivity (Wildman–Crippen MR) is 110 cm³/mol. The Balaban J connectivity index is 1.55. The van der Waals surface area contributed by atoms with E-state index >= 15 is 0 Å². The first kappa shape index (κ1) is 21.0. The summed E-state index contributed by atoms with van der Waals surface area (Å²) in [5.74, 6) is -2.01. The molecule has 3 atom stereocenters. The minimum atomic E-state index is -1.00. The Morgan fingerprint density at radius 2 is 1.40 bits per heavy atom. The van der Waals surface area contributed by atoms with Crippen molar-refractivity contribution in [3.05, 3.63) is 71.8 Å². The summed E-state index contributed by atoms with van der Waals surface area (Å²) in [5.41, 5.74) is 7.16. The Hall–Kier alpha value is -3.68. The monoisotopic (exact) mass is 408 g/mol. The van der Waals surface area contributed by atoms with Gasteiger partial charge in [0.15, 0.2) is 0 Å². The highest BCUT2D eigenvalue weighted by Crippen LogP contribution is 2.09. The molecule has 1 saturated heterocycles. The van der Waals surface area contributed by atoms with Gasteiger partial charge in [0.05, 0.1) is 6.42 Å². The summed E-state index contributed by atoms with van der Waals surface area (Å²) in [6, 6.07) is 15.8. The summed E-state index contributed by atoms with van der Waals surface area (Å²) < 4.78 is 0. The van der Waals surface area contributed by atoms with Crippen molar-refractivity contribution in [1.29, 1.82) is 0 Å². The third-order valence-electron chi connectivity index (χ3n) is 4.90. The number of carbonyl (C=O) groups is 4. The van der Waals surface area contributed by atoms with Gasteiger partial charge in [-0.15, -0.1) is 0 Å². The Kier molecular flexibility index (Phi) is 6.79. The summed E-state index contributed by atoms with van der Waals surface area (Å²) in [6.45, 7) is 0. The number of primary amides is 1. The lowest BCUT2D eigenvalue weighted by atomic mass is 10.0. The maximum absolute atomic E-state index is 12.4. The molecule has 156 valence electrons. The SMILES string of the molecule is NC(=O)[C@@H](Cc1ccccc1)NC(=O)C[C@@H]1NC(=O)[C@H](Cc2ccccc2)NC1=O. The van der Waals surface area contributed by atoms with Crippen LogP contribution in [0.3, 0.4) is 0 Å². The van der Waals surface area contributed by atoms with E-state index in [0.717, 1.165) is 11.1 Å². The van der Waals surface area contributed by atoms with Gasteiger partial charge >= 0.3 is 0 Å². The van der Waals surface area contributed by atoms with Crippen LogP contribution in [0.2, 0.25) is 0 Å². The Bertz CT molecular complexity index is 917. The first-order valence-corrected chi connectivity index (χ1v) is 9.69. The third kappa shape index (κ3) is 5.66. The molecule has 0 spiro atoms. The molecule has 0 aromatic heterocycles. The van der Waals surface area contributed by atoms with Crippen LogP contribution in [0.15, 0.2) is 60.7 Å². The average molecular weight is 408 g/mol. The van der Waals surface area contributed by atoms with Crippen molar-refractivity contribution in [2.75, 3.05) is 0 Å². The normalized spacial score (nSPS) is 19.3. The highest BCUT2D eigenvalue weighted by Gasteiger charge is 2.35. The van der Waals surface area contributed by atoms with Gasteiger partial charge in [-0.25, -0.2) is 0 Å². The molecule has 8 heteroatoms. The lowest BCUT2D eigenvalue weighted by Crippen LogP contribution is -2.63. The highest BCUT2D eigenvalue weighted by atomic mass is 16.2. The maximum atomic E-state index is 12.4. The minimum Gasteiger partial charge on any atom is -0.368 e. The van der Waals surface area contributed by atoms with Crippen molar-refractivity contribution >= 4 is 23.6 Å². The smallest absolute Gasteiger partial charge is 0.243 e. The summed E-state index contributed by atoms with van der Waals surface area (Å²) >= 11 is 0. The van der Waals surface area contributed by atoms with Crippen LogP contribution in [0.5, 0.6) is 0 Å². The molecule has 2 aromatic carbocycles. The maximum Gasteiger partial charge on any atom is 0.243 e. The number of nitrogens with two attached hydrogens (primary N) is 1. The van der Waals surface area contributed by atoms with Gasteiger partial charge in [0.2, 0.25) is 23.6 Å². The zero-order chi connectivity index (χ0) is 21.5. The van der Waals surface area contributed by atoms with Gasteiger partial charge in [-0.1, -0.05) is 60.7 Å². The number of rotatable bonds is 8. The number of amides is 4. The summed E-state index contributed by atoms with van der Waals surface area (Å²) in [6.07, 6.45) is 0.316. The molecule has 4 amide bonds. The molecule has 1 fully saturated rings. The van der Waals surface area contributed by atoms with Crippen molar-refractivity contribution in [2.24, 2.45) is 5.73 Å². The van der Waals surface area contributed by atoms with Gasteiger partial charge in [-0.05, 0) is 11.1 Å². The molecule has 0 aliphatic carbocycles. The Labute approximate surface area is 174 Å². The molecule has 5 N–H and O–H groups in total. The summed E-state index contributed by atoms with van der Waals surface area (Å²) in [5, 5.41) is 7.81. The van der Waals surface area contributed by atoms with Crippen LogP contribution in [-0.2, 0) is 32.0 Å². The van der Waals surface area contributed by atoms with E-state index in [1.807, 2.05) is 60.7 Å².